The van der Waals surface area contributed by atoms with Gasteiger partial charge < -0.3 is 9.64 Å². The normalized spacial score (nSPS) is 11.9. The second-order valence-corrected chi connectivity index (χ2v) is 4.96. The summed E-state index contributed by atoms with van der Waals surface area (Å²) in [4.78, 5) is 14.7. The van der Waals surface area contributed by atoms with Crippen molar-refractivity contribution in [2.45, 2.75) is 13.0 Å². The Labute approximate surface area is 111 Å². The van der Waals surface area contributed by atoms with Gasteiger partial charge in [0.25, 0.3) is 0 Å². The number of hydrogen-bond donors (Lipinski definition) is 0. The van der Waals surface area contributed by atoms with Crippen molar-refractivity contribution in [3.63, 3.8) is 0 Å². The quantitative estimate of drug-likeness (QED) is 0.837. The first-order chi connectivity index (χ1) is 8.68. The van der Waals surface area contributed by atoms with E-state index in [2.05, 4.69) is 0 Å². The molecule has 18 heavy (non-hydrogen) atoms. The first kappa shape index (κ1) is 12.6. The Morgan fingerprint density at radius 3 is 2.56 bits per heavy atom. The lowest BCUT2D eigenvalue weighted by atomic mass is 10.2. The van der Waals surface area contributed by atoms with Gasteiger partial charge in [0, 0.05) is 11.9 Å². The fraction of sp³-hybridized carbons (Fsp3) is 0.214. The van der Waals surface area contributed by atoms with Crippen LogP contribution >= 0.6 is 11.3 Å². The van der Waals surface area contributed by atoms with Crippen molar-refractivity contribution in [1.82, 2.24) is 4.90 Å². The van der Waals surface area contributed by atoms with E-state index in [4.69, 9.17) is 4.74 Å². The summed E-state index contributed by atoms with van der Waals surface area (Å²) in [6.45, 7) is 1.98. The minimum atomic E-state index is -0.345. The highest BCUT2D eigenvalue weighted by Gasteiger charge is 2.19. The molecule has 1 aromatic carbocycles. The minimum Gasteiger partial charge on any atom is -0.410 e. The molecule has 0 aliphatic carbocycles. The van der Waals surface area contributed by atoms with E-state index >= 15 is 0 Å². The van der Waals surface area contributed by atoms with E-state index in [1.165, 1.54) is 0 Å². The molecule has 0 bridgehead atoms. The molecule has 2 aromatic rings. The molecular weight excluding hydrogens is 246 g/mol. The van der Waals surface area contributed by atoms with Crippen molar-refractivity contribution >= 4 is 17.4 Å². The first-order valence-corrected chi connectivity index (χ1v) is 6.59. The highest BCUT2D eigenvalue weighted by Crippen LogP contribution is 2.24. The van der Waals surface area contributed by atoms with Gasteiger partial charge in [0.15, 0.2) is 0 Å². The summed E-state index contributed by atoms with van der Waals surface area (Å²) in [5.74, 6) is 0.563. The Bertz CT molecular complexity index is 496. The molecule has 1 aromatic heterocycles. The van der Waals surface area contributed by atoms with Crippen molar-refractivity contribution in [1.29, 1.82) is 0 Å². The van der Waals surface area contributed by atoms with Crippen molar-refractivity contribution in [2.24, 2.45) is 0 Å². The Kier molecular flexibility index (Phi) is 3.99. The summed E-state index contributed by atoms with van der Waals surface area (Å²) in [5.41, 5.74) is 0. The van der Waals surface area contributed by atoms with E-state index in [1.54, 1.807) is 35.4 Å². The molecule has 0 fully saturated rings. The monoisotopic (exact) mass is 261 g/mol. The number of carbonyl (C=O) groups is 1. The third-order valence-electron chi connectivity index (χ3n) is 2.77. The van der Waals surface area contributed by atoms with Gasteiger partial charge in [-0.1, -0.05) is 24.3 Å². The number of ether oxygens (including phenoxy) is 1. The molecule has 0 spiro atoms. The first-order valence-electron chi connectivity index (χ1n) is 5.71. The minimum absolute atomic E-state index is 0.0150. The van der Waals surface area contributed by atoms with Crippen LogP contribution in [0, 0.1) is 0 Å². The third kappa shape index (κ3) is 2.90. The van der Waals surface area contributed by atoms with E-state index < -0.39 is 0 Å². The number of benzene rings is 1. The molecule has 4 heteroatoms. The van der Waals surface area contributed by atoms with Crippen LogP contribution in [0.1, 0.15) is 17.8 Å². The maximum Gasteiger partial charge on any atom is 0.415 e. The lowest BCUT2D eigenvalue weighted by Crippen LogP contribution is -2.31. The molecule has 3 nitrogen and oxygen atoms in total. The highest BCUT2D eigenvalue weighted by atomic mass is 32.1. The largest absolute Gasteiger partial charge is 0.415 e. The number of rotatable bonds is 3. The summed E-state index contributed by atoms with van der Waals surface area (Å²) in [7, 11) is 1.75. The molecule has 1 heterocycles. The van der Waals surface area contributed by atoms with Crippen LogP contribution in [-0.4, -0.2) is 18.0 Å². The molecule has 0 aliphatic heterocycles. The molecular formula is C14H15NO2S. The van der Waals surface area contributed by atoms with Crippen LogP contribution in [0.2, 0.25) is 0 Å². The smallest absolute Gasteiger partial charge is 0.410 e. The molecule has 1 unspecified atom stereocenters. The summed E-state index contributed by atoms with van der Waals surface area (Å²) in [6.07, 6.45) is -0.345. The maximum atomic E-state index is 12.0. The summed E-state index contributed by atoms with van der Waals surface area (Å²) >= 11 is 1.63. The number of hydrogen-bond acceptors (Lipinski definition) is 3. The average Bonchev–Trinajstić information content (AvgIpc) is 2.92. The number of para-hydroxylation sites is 1. The number of carbonyl (C=O) groups excluding carboxylic acids is 1. The van der Waals surface area contributed by atoms with Gasteiger partial charge in [0.2, 0.25) is 0 Å². The van der Waals surface area contributed by atoms with E-state index in [0.717, 1.165) is 4.88 Å². The van der Waals surface area contributed by atoms with Crippen molar-refractivity contribution in [3.05, 3.63) is 52.7 Å². The van der Waals surface area contributed by atoms with Crippen LogP contribution in [0.15, 0.2) is 47.8 Å². The van der Waals surface area contributed by atoms with Gasteiger partial charge in [-0.15, -0.1) is 11.3 Å². The molecule has 1 amide bonds. The van der Waals surface area contributed by atoms with Gasteiger partial charge >= 0.3 is 6.09 Å². The third-order valence-corrected chi connectivity index (χ3v) is 3.81. The highest BCUT2D eigenvalue weighted by molar-refractivity contribution is 7.10. The van der Waals surface area contributed by atoms with Crippen molar-refractivity contribution < 1.29 is 9.53 Å². The van der Waals surface area contributed by atoms with Crippen LogP contribution in [0.25, 0.3) is 0 Å². The predicted octanol–water partition coefficient (Wildman–Crippen LogP) is 3.94. The van der Waals surface area contributed by atoms with Gasteiger partial charge in [0.1, 0.15) is 5.75 Å². The molecule has 1 atom stereocenters. The Morgan fingerprint density at radius 2 is 1.94 bits per heavy atom. The summed E-state index contributed by atoms with van der Waals surface area (Å²) in [6, 6.07) is 13.1. The lowest BCUT2D eigenvalue weighted by Gasteiger charge is -2.23. The number of nitrogens with zero attached hydrogens (tertiary/aromatic N) is 1. The fourth-order valence-corrected chi connectivity index (χ4v) is 2.37. The Morgan fingerprint density at radius 1 is 1.22 bits per heavy atom. The standard InChI is InChI=1S/C14H15NO2S/c1-11(13-9-6-10-18-13)15(2)14(16)17-12-7-4-3-5-8-12/h3-11H,1-2H3. The van der Waals surface area contributed by atoms with E-state index in [9.17, 15) is 4.79 Å². The van der Waals surface area contributed by atoms with Crippen molar-refractivity contribution in [3.8, 4) is 5.75 Å². The Balaban J connectivity index is 2.01. The summed E-state index contributed by atoms with van der Waals surface area (Å²) < 4.78 is 5.29. The number of amides is 1. The van der Waals surface area contributed by atoms with Crippen LogP contribution in [0.4, 0.5) is 4.79 Å². The predicted molar refractivity (Wildman–Crippen MR) is 73.0 cm³/mol. The van der Waals surface area contributed by atoms with Crippen LogP contribution in [-0.2, 0) is 0 Å². The zero-order valence-corrected chi connectivity index (χ0v) is 11.2. The molecule has 0 aliphatic rings. The zero-order chi connectivity index (χ0) is 13.0. The van der Waals surface area contributed by atoms with Crippen molar-refractivity contribution in [2.75, 3.05) is 7.05 Å². The topological polar surface area (TPSA) is 29.5 Å². The van der Waals surface area contributed by atoms with Gasteiger partial charge in [0.05, 0.1) is 6.04 Å². The van der Waals surface area contributed by atoms with Crippen LogP contribution in [0.5, 0.6) is 5.75 Å². The maximum absolute atomic E-state index is 12.0. The fourth-order valence-electron chi connectivity index (χ4n) is 1.54. The second-order valence-electron chi connectivity index (χ2n) is 3.98. The van der Waals surface area contributed by atoms with Gasteiger partial charge in [-0.05, 0) is 30.5 Å². The van der Waals surface area contributed by atoms with E-state index in [1.807, 2.05) is 42.6 Å². The average molecular weight is 261 g/mol. The zero-order valence-electron chi connectivity index (χ0n) is 10.4. The van der Waals surface area contributed by atoms with E-state index in [0.29, 0.717) is 5.75 Å². The van der Waals surface area contributed by atoms with Crippen LogP contribution in [0.3, 0.4) is 0 Å². The molecule has 0 radical (unpaired) electrons. The molecule has 2 rings (SSSR count). The second kappa shape index (κ2) is 5.69. The van der Waals surface area contributed by atoms with Gasteiger partial charge in [-0.25, -0.2) is 4.79 Å². The van der Waals surface area contributed by atoms with Gasteiger partial charge in [-0.2, -0.15) is 0 Å². The number of thiophene rings is 1. The Hall–Kier alpha value is -1.81. The molecule has 0 saturated heterocycles. The molecule has 94 valence electrons. The molecule has 0 N–H and O–H groups in total. The lowest BCUT2D eigenvalue weighted by molar-refractivity contribution is 0.149. The SMILES string of the molecule is CC(c1cccs1)N(C)C(=O)Oc1ccccc1. The van der Waals surface area contributed by atoms with Gasteiger partial charge in [-0.3, -0.25) is 0 Å². The van der Waals surface area contributed by atoms with E-state index in [-0.39, 0.29) is 12.1 Å². The van der Waals surface area contributed by atoms with Crippen LogP contribution < -0.4 is 4.74 Å². The summed E-state index contributed by atoms with van der Waals surface area (Å²) in [5, 5.41) is 2.00. The molecule has 0 saturated carbocycles.